The minimum atomic E-state index is -0.0548. The highest BCUT2D eigenvalue weighted by molar-refractivity contribution is 8.26. The molecule has 0 radical (unpaired) electrons. The van der Waals surface area contributed by atoms with Gasteiger partial charge in [-0.25, -0.2) is 0 Å². The number of nitrogens with zero attached hydrogens (tertiary/aromatic N) is 1. The van der Waals surface area contributed by atoms with Gasteiger partial charge in [0.1, 0.15) is 4.32 Å². The molecule has 1 aliphatic heterocycles. The molecule has 1 aromatic carbocycles. The molecule has 0 unspecified atom stereocenters. The van der Waals surface area contributed by atoms with E-state index in [4.69, 9.17) is 12.2 Å². The lowest BCUT2D eigenvalue weighted by Gasteiger charge is -2.15. The van der Waals surface area contributed by atoms with Crippen molar-refractivity contribution >= 4 is 46.2 Å². The first-order valence-electron chi connectivity index (χ1n) is 9.70. The number of amides is 2. The number of hydrogen-bond donors (Lipinski definition) is 1. The second-order valence-corrected chi connectivity index (χ2v) is 8.76. The summed E-state index contributed by atoms with van der Waals surface area (Å²) in [5.74, 6) is 0.0275. The maximum absolute atomic E-state index is 12.6. The van der Waals surface area contributed by atoms with Gasteiger partial charge in [0.15, 0.2) is 0 Å². The van der Waals surface area contributed by atoms with Crippen LogP contribution in [0.5, 0.6) is 0 Å². The lowest BCUT2D eigenvalue weighted by atomic mass is 10.1. The van der Waals surface area contributed by atoms with Gasteiger partial charge in [-0.1, -0.05) is 68.0 Å². The molecular formula is C21H26N2O2S2. The normalized spacial score (nSPS) is 19.3. The Labute approximate surface area is 170 Å². The third-order valence-corrected chi connectivity index (χ3v) is 6.44. The molecule has 1 saturated heterocycles. The summed E-state index contributed by atoms with van der Waals surface area (Å²) in [6.07, 6.45) is 8.54. The van der Waals surface area contributed by atoms with Gasteiger partial charge in [0.05, 0.1) is 4.91 Å². The fourth-order valence-corrected chi connectivity index (χ4v) is 4.77. The molecule has 0 aromatic heterocycles. The van der Waals surface area contributed by atoms with E-state index in [9.17, 15) is 9.59 Å². The van der Waals surface area contributed by atoms with E-state index in [0.29, 0.717) is 34.7 Å². The van der Waals surface area contributed by atoms with Crippen molar-refractivity contribution in [1.82, 2.24) is 10.2 Å². The Morgan fingerprint density at radius 2 is 2.00 bits per heavy atom. The van der Waals surface area contributed by atoms with Crippen LogP contribution in [-0.4, -0.2) is 33.6 Å². The van der Waals surface area contributed by atoms with Crippen LogP contribution in [0.4, 0.5) is 0 Å². The fraction of sp³-hybridized carbons (Fsp3) is 0.476. The molecule has 144 valence electrons. The first-order valence-corrected chi connectivity index (χ1v) is 10.9. The van der Waals surface area contributed by atoms with Gasteiger partial charge in [-0.3, -0.25) is 14.5 Å². The molecule has 0 spiro atoms. The van der Waals surface area contributed by atoms with Gasteiger partial charge in [0, 0.05) is 19.0 Å². The summed E-state index contributed by atoms with van der Waals surface area (Å²) in [6.45, 7) is 2.61. The average Bonchev–Trinajstić information content (AvgIpc) is 3.26. The van der Waals surface area contributed by atoms with Gasteiger partial charge < -0.3 is 5.32 Å². The van der Waals surface area contributed by atoms with E-state index in [0.717, 1.165) is 24.8 Å². The van der Waals surface area contributed by atoms with Gasteiger partial charge in [-0.15, -0.1) is 0 Å². The van der Waals surface area contributed by atoms with Crippen molar-refractivity contribution in [2.75, 3.05) is 6.54 Å². The zero-order chi connectivity index (χ0) is 19.2. The number of carbonyl (C=O) groups is 2. The molecule has 0 atom stereocenters. The zero-order valence-corrected chi connectivity index (χ0v) is 17.3. The Kier molecular flexibility index (Phi) is 7.07. The Morgan fingerprint density at radius 1 is 1.30 bits per heavy atom. The summed E-state index contributed by atoms with van der Waals surface area (Å²) in [4.78, 5) is 26.9. The number of benzene rings is 1. The van der Waals surface area contributed by atoms with Gasteiger partial charge in [-0.05, 0) is 42.9 Å². The van der Waals surface area contributed by atoms with E-state index in [1.54, 1.807) is 4.90 Å². The lowest BCUT2D eigenvalue weighted by molar-refractivity contribution is -0.124. The van der Waals surface area contributed by atoms with Crippen LogP contribution in [0.2, 0.25) is 0 Å². The molecule has 1 saturated carbocycles. The molecule has 2 fully saturated rings. The Balaban J connectivity index is 1.51. The summed E-state index contributed by atoms with van der Waals surface area (Å²) in [6, 6.07) is 8.55. The van der Waals surface area contributed by atoms with Crippen LogP contribution in [0.25, 0.3) is 6.08 Å². The molecule has 4 nitrogen and oxygen atoms in total. The van der Waals surface area contributed by atoms with E-state index in [1.165, 1.54) is 30.2 Å². The SMILES string of the molecule is CCc1ccc(/C=C2\SC(=S)N(CCCC(=O)NC3CCCC3)C2=O)cc1. The number of thioether (sulfide) groups is 1. The monoisotopic (exact) mass is 402 g/mol. The van der Waals surface area contributed by atoms with Crippen LogP contribution in [0.15, 0.2) is 29.2 Å². The number of aryl methyl sites for hydroxylation is 1. The number of thiocarbonyl (C=S) groups is 1. The summed E-state index contributed by atoms with van der Waals surface area (Å²) >= 11 is 6.71. The van der Waals surface area contributed by atoms with Crippen molar-refractivity contribution in [1.29, 1.82) is 0 Å². The lowest BCUT2D eigenvalue weighted by Crippen LogP contribution is -2.34. The minimum Gasteiger partial charge on any atom is -0.353 e. The first kappa shape index (κ1) is 20.1. The van der Waals surface area contributed by atoms with Crippen LogP contribution < -0.4 is 5.32 Å². The molecule has 2 aliphatic rings. The predicted molar refractivity (Wildman–Crippen MR) is 115 cm³/mol. The maximum Gasteiger partial charge on any atom is 0.266 e. The highest BCUT2D eigenvalue weighted by Gasteiger charge is 2.31. The third kappa shape index (κ3) is 5.42. The maximum atomic E-state index is 12.6. The summed E-state index contributed by atoms with van der Waals surface area (Å²) in [7, 11) is 0. The van der Waals surface area contributed by atoms with E-state index in [2.05, 4.69) is 24.4 Å². The highest BCUT2D eigenvalue weighted by atomic mass is 32.2. The molecule has 1 aromatic rings. The molecule has 1 heterocycles. The van der Waals surface area contributed by atoms with Crippen LogP contribution in [0.3, 0.4) is 0 Å². The van der Waals surface area contributed by atoms with Gasteiger partial charge in [0.2, 0.25) is 5.91 Å². The van der Waals surface area contributed by atoms with Gasteiger partial charge >= 0.3 is 0 Å². The predicted octanol–water partition coefficient (Wildman–Crippen LogP) is 4.29. The zero-order valence-electron chi connectivity index (χ0n) is 15.7. The van der Waals surface area contributed by atoms with E-state index >= 15 is 0 Å². The minimum absolute atomic E-state index is 0.0548. The first-order chi connectivity index (χ1) is 13.1. The van der Waals surface area contributed by atoms with E-state index < -0.39 is 0 Å². The van der Waals surface area contributed by atoms with E-state index in [1.807, 2.05) is 18.2 Å². The van der Waals surface area contributed by atoms with Crippen LogP contribution in [0.1, 0.15) is 56.6 Å². The Morgan fingerprint density at radius 3 is 2.67 bits per heavy atom. The summed E-state index contributed by atoms with van der Waals surface area (Å²) < 4.78 is 0.577. The third-order valence-electron chi connectivity index (χ3n) is 5.07. The Hall–Kier alpha value is -1.66. The highest BCUT2D eigenvalue weighted by Crippen LogP contribution is 2.32. The van der Waals surface area contributed by atoms with E-state index in [-0.39, 0.29) is 11.8 Å². The van der Waals surface area contributed by atoms with Crippen molar-refractivity contribution in [3.8, 4) is 0 Å². The number of hydrogen-bond acceptors (Lipinski definition) is 4. The molecule has 27 heavy (non-hydrogen) atoms. The molecule has 0 bridgehead atoms. The smallest absolute Gasteiger partial charge is 0.266 e. The second kappa shape index (κ2) is 9.51. The summed E-state index contributed by atoms with van der Waals surface area (Å²) in [5, 5.41) is 3.09. The number of rotatable bonds is 7. The van der Waals surface area contributed by atoms with Crippen molar-refractivity contribution in [2.45, 2.75) is 57.9 Å². The van der Waals surface area contributed by atoms with Gasteiger partial charge in [0.25, 0.3) is 5.91 Å². The number of nitrogens with one attached hydrogen (secondary N) is 1. The van der Waals surface area contributed by atoms with Crippen molar-refractivity contribution in [3.05, 3.63) is 40.3 Å². The quantitative estimate of drug-likeness (QED) is 0.546. The molecule has 3 rings (SSSR count). The largest absolute Gasteiger partial charge is 0.353 e. The molecule has 1 aliphatic carbocycles. The standard InChI is InChI=1S/C21H26N2O2S2/c1-2-15-9-11-16(12-10-15)14-18-20(25)23(21(26)27-18)13-5-8-19(24)22-17-6-3-4-7-17/h9-12,14,17H,2-8,13H2,1H3,(H,22,24)/b18-14-. The van der Waals surface area contributed by atoms with Crippen molar-refractivity contribution < 1.29 is 9.59 Å². The van der Waals surface area contributed by atoms with Gasteiger partial charge in [-0.2, -0.15) is 0 Å². The average molecular weight is 403 g/mol. The van der Waals surface area contributed by atoms with Crippen LogP contribution in [-0.2, 0) is 16.0 Å². The Bertz CT molecular complexity index is 737. The topological polar surface area (TPSA) is 49.4 Å². The summed E-state index contributed by atoms with van der Waals surface area (Å²) in [5.41, 5.74) is 2.28. The molecule has 6 heteroatoms. The van der Waals surface area contributed by atoms with Crippen LogP contribution in [0, 0.1) is 0 Å². The molecular weight excluding hydrogens is 376 g/mol. The van der Waals surface area contributed by atoms with Crippen molar-refractivity contribution in [3.63, 3.8) is 0 Å². The molecule has 2 amide bonds. The van der Waals surface area contributed by atoms with Crippen molar-refractivity contribution in [2.24, 2.45) is 0 Å². The second-order valence-electron chi connectivity index (χ2n) is 7.08. The fourth-order valence-electron chi connectivity index (χ4n) is 3.46. The molecule has 1 N–H and O–H groups in total. The van der Waals surface area contributed by atoms with Crippen LogP contribution >= 0.6 is 24.0 Å². The number of carbonyl (C=O) groups excluding carboxylic acids is 2.